The molecule has 5 nitrogen and oxygen atoms in total. The van der Waals surface area contributed by atoms with Gasteiger partial charge in [0, 0.05) is 35.9 Å². The van der Waals surface area contributed by atoms with E-state index in [-0.39, 0.29) is 0 Å². The van der Waals surface area contributed by atoms with Gasteiger partial charge in [-0.3, -0.25) is 0 Å². The van der Waals surface area contributed by atoms with Crippen LogP contribution in [0.4, 0.5) is 5.69 Å². The SMILES string of the molecule is Cc1nc2c(NCC3=CCCC=C3Cl)cc(-n3cccn3)cn2c1C. The highest BCUT2D eigenvalue weighted by molar-refractivity contribution is 6.32. The van der Waals surface area contributed by atoms with Crippen molar-refractivity contribution in [3.63, 3.8) is 0 Å². The topological polar surface area (TPSA) is 47.2 Å². The summed E-state index contributed by atoms with van der Waals surface area (Å²) in [4.78, 5) is 4.72. The second-order valence-electron chi connectivity index (χ2n) is 6.25. The lowest BCUT2D eigenvalue weighted by Gasteiger charge is -2.15. The lowest BCUT2D eigenvalue weighted by Crippen LogP contribution is -2.09. The van der Waals surface area contributed by atoms with Crippen LogP contribution in [0.15, 0.2) is 53.5 Å². The Morgan fingerprint density at radius 2 is 2.08 bits per heavy atom. The fraction of sp³-hybridized carbons (Fsp3) is 0.263. The number of nitrogens with zero attached hydrogens (tertiary/aromatic N) is 4. The van der Waals surface area contributed by atoms with Crippen molar-refractivity contribution in [3.05, 3.63) is 64.9 Å². The molecule has 1 N–H and O–H groups in total. The molecule has 6 heteroatoms. The van der Waals surface area contributed by atoms with Crippen LogP contribution in [0.5, 0.6) is 0 Å². The summed E-state index contributed by atoms with van der Waals surface area (Å²) in [6.07, 6.45) is 12.1. The first-order valence-electron chi connectivity index (χ1n) is 8.42. The van der Waals surface area contributed by atoms with Gasteiger partial charge in [0.1, 0.15) is 0 Å². The minimum Gasteiger partial charge on any atom is -0.378 e. The number of hydrogen-bond donors (Lipinski definition) is 1. The van der Waals surface area contributed by atoms with Crippen LogP contribution in [-0.2, 0) is 0 Å². The average Bonchev–Trinajstić information content (AvgIpc) is 3.24. The maximum atomic E-state index is 6.33. The van der Waals surface area contributed by atoms with E-state index in [9.17, 15) is 0 Å². The molecule has 0 saturated carbocycles. The van der Waals surface area contributed by atoms with Gasteiger partial charge in [-0.1, -0.05) is 23.8 Å². The van der Waals surface area contributed by atoms with Crippen LogP contribution in [0.2, 0.25) is 0 Å². The molecule has 1 aliphatic rings. The van der Waals surface area contributed by atoms with Gasteiger partial charge in [0.05, 0.1) is 17.1 Å². The summed E-state index contributed by atoms with van der Waals surface area (Å²) < 4.78 is 3.97. The molecule has 3 aromatic rings. The van der Waals surface area contributed by atoms with E-state index in [0.717, 1.165) is 51.9 Å². The largest absolute Gasteiger partial charge is 0.378 e. The van der Waals surface area contributed by atoms with Crippen LogP contribution in [0.3, 0.4) is 0 Å². The molecule has 0 unspecified atom stereocenters. The predicted octanol–water partition coefficient (Wildman–Crippen LogP) is 4.39. The third-order valence-electron chi connectivity index (χ3n) is 4.61. The molecule has 3 heterocycles. The zero-order valence-corrected chi connectivity index (χ0v) is 15.1. The van der Waals surface area contributed by atoms with Gasteiger partial charge in [-0.15, -0.1) is 0 Å². The summed E-state index contributed by atoms with van der Waals surface area (Å²) in [7, 11) is 0. The number of imidazole rings is 1. The Bertz CT molecular complexity index is 979. The van der Waals surface area contributed by atoms with Crippen LogP contribution < -0.4 is 5.32 Å². The number of aryl methyl sites for hydroxylation is 2. The normalized spacial score (nSPS) is 14.5. The highest BCUT2D eigenvalue weighted by Crippen LogP contribution is 2.26. The van der Waals surface area contributed by atoms with Gasteiger partial charge < -0.3 is 9.72 Å². The number of fused-ring (bicyclic) bond motifs is 1. The first kappa shape index (κ1) is 16.0. The molecule has 128 valence electrons. The van der Waals surface area contributed by atoms with Gasteiger partial charge in [0.25, 0.3) is 0 Å². The summed E-state index contributed by atoms with van der Waals surface area (Å²) in [6.45, 7) is 4.79. The third-order valence-corrected chi connectivity index (χ3v) is 5.00. The van der Waals surface area contributed by atoms with E-state index in [0.29, 0.717) is 6.54 Å². The summed E-state index contributed by atoms with van der Waals surface area (Å²) in [6, 6.07) is 4.00. The second kappa shape index (κ2) is 6.41. The quantitative estimate of drug-likeness (QED) is 0.756. The fourth-order valence-corrected chi connectivity index (χ4v) is 3.33. The number of nitrogens with one attached hydrogen (secondary N) is 1. The lowest BCUT2D eigenvalue weighted by atomic mass is 10.1. The fourth-order valence-electron chi connectivity index (χ4n) is 3.08. The van der Waals surface area contributed by atoms with Crippen LogP contribution in [-0.4, -0.2) is 25.7 Å². The van der Waals surface area contributed by atoms with E-state index in [1.807, 2.05) is 23.9 Å². The van der Waals surface area contributed by atoms with Crippen molar-refractivity contribution in [2.45, 2.75) is 26.7 Å². The Kier molecular flexibility index (Phi) is 4.09. The van der Waals surface area contributed by atoms with E-state index in [4.69, 9.17) is 16.6 Å². The van der Waals surface area contributed by atoms with Gasteiger partial charge in [0.15, 0.2) is 5.65 Å². The number of pyridine rings is 1. The van der Waals surface area contributed by atoms with Crippen molar-refractivity contribution < 1.29 is 0 Å². The van der Waals surface area contributed by atoms with Gasteiger partial charge in [0.2, 0.25) is 0 Å². The van der Waals surface area contributed by atoms with Crippen molar-refractivity contribution in [2.75, 3.05) is 11.9 Å². The molecular weight excluding hydrogens is 334 g/mol. The van der Waals surface area contributed by atoms with E-state index >= 15 is 0 Å². The van der Waals surface area contributed by atoms with Crippen molar-refractivity contribution in [1.29, 1.82) is 0 Å². The molecule has 0 amide bonds. The number of hydrogen-bond acceptors (Lipinski definition) is 3. The number of halogens is 1. The lowest BCUT2D eigenvalue weighted by molar-refractivity contribution is 0.868. The second-order valence-corrected chi connectivity index (χ2v) is 6.66. The Morgan fingerprint density at radius 1 is 1.24 bits per heavy atom. The Balaban J connectivity index is 1.75. The molecule has 0 aliphatic heterocycles. The first-order chi connectivity index (χ1) is 12.1. The van der Waals surface area contributed by atoms with Crippen LogP contribution in [0.1, 0.15) is 24.2 Å². The van der Waals surface area contributed by atoms with Gasteiger partial charge >= 0.3 is 0 Å². The van der Waals surface area contributed by atoms with Crippen LogP contribution in [0, 0.1) is 13.8 Å². The smallest absolute Gasteiger partial charge is 0.160 e. The molecule has 3 aromatic heterocycles. The van der Waals surface area contributed by atoms with Crippen molar-refractivity contribution in [3.8, 4) is 5.69 Å². The monoisotopic (exact) mass is 353 g/mol. The summed E-state index contributed by atoms with van der Waals surface area (Å²) in [5.41, 5.74) is 6.16. The highest BCUT2D eigenvalue weighted by atomic mass is 35.5. The van der Waals surface area contributed by atoms with Crippen molar-refractivity contribution in [2.24, 2.45) is 0 Å². The summed E-state index contributed by atoms with van der Waals surface area (Å²) in [5, 5.41) is 8.70. The van der Waals surface area contributed by atoms with Crippen molar-refractivity contribution >= 4 is 22.9 Å². The van der Waals surface area contributed by atoms with E-state index in [1.165, 1.54) is 0 Å². The van der Waals surface area contributed by atoms with E-state index in [2.05, 4.69) is 46.2 Å². The minimum absolute atomic E-state index is 0.679. The van der Waals surface area contributed by atoms with E-state index < -0.39 is 0 Å². The standard InChI is InChI=1S/C19H20ClN5/c1-13-14(2)24-12-16(25-9-5-8-22-25)10-18(19(24)23-13)21-11-15-6-3-4-7-17(15)20/h5-10,12,21H,3-4,11H2,1-2H3. The van der Waals surface area contributed by atoms with Crippen LogP contribution in [0.25, 0.3) is 11.3 Å². The molecule has 1 aliphatic carbocycles. The maximum Gasteiger partial charge on any atom is 0.160 e. The predicted molar refractivity (Wildman–Crippen MR) is 102 cm³/mol. The summed E-state index contributed by atoms with van der Waals surface area (Å²) >= 11 is 6.33. The number of allylic oxidation sites excluding steroid dienone is 2. The van der Waals surface area contributed by atoms with Gasteiger partial charge in [-0.2, -0.15) is 5.10 Å². The third kappa shape index (κ3) is 2.96. The Labute approximate surface area is 151 Å². The van der Waals surface area contributed by atoms with Crippen molar-refractivity contribution in [1.82, 2.24) is 19.2 Å². The maximum absolute atomic E-state index is 6.33. The molecular formula is C19H20ClN5. The number of anilines is 1. The molecule has 0 bridgehead atoms. The Hall–Kier alpha value is -2.53. The summed E-state index contributed by atoms with van der Waals surface area (Å²) in [5.74, 6) is 0. The van der Waals surface area contributed by atoms with Gasteiger partial charge in [-0.25, -0.2) is 9.67 Å². The molecule has 0 radical (unpaired) electrons. The molecule has 0 aromatic carbocycles. The molecule has 0 fully saturated rings. The number of aromatic nitrogens is 4. The molecule has 0 saturated heterocycles. The minimum atomic E-state index is 0.679. The van der Waals surface area contributed by atoms with E-state index in [1.54, 1.807) is 6.20 Å². The zero-order chi connectivity index (χ0) is 17.4. The molecule has 0 atom stereocenters. The molecule has 0 spiro atoms. The molecule has 4 rings (SSSR count). The zero-order valence-electron chi connectivity index (χ0n) is 14.3. The Morgan fingerprint density at radius 3 is 2.84 bits per heavy atom. The average molecular weight is 354 g/mol. The van der Waals surface area contributed by atoms with Gasteiger partial charge in [-0.05, 0) is 44.4 Å². The first-order valence-corrected chi connectivity index (χ1v) is 8.79. The highest BCUT2D eigenvalue weighted by Gasteiger charge is 2.13. The van der Waals surface area contributed by atoms with Crippen LogP contribution >= 0.6 is 11.6 Å². The molecule has 25 heavy (non-hydrogen) atoms. The number of rotatable bonds is 4.